The summed E-state index contributed by atoms with van der Waals surface area (Å²) in [6.45, 7) is 0.733. The lowest BCUT2D eigenvalue weighted by Crippen LogP contribution is -2.05. The molecule has 0 saturated carbocycles. The topological polar surface area (TPSA) is 54.3 Å². The van der Waals surface area contributed by atoms with E-state index in [1.807, 2.05) is 25.2 Å². The Morgan fingerprint density at radius 2 is 1.95 bits per heavy atom. The molecule has 2 aromatic rings. The van der Waals surface area contributed by atoms with E-state index < -0.39 is 0 Å². The smallest absolute Gasteiger partial charge is 0.169 e. The first-order valence-corrected chi connectivity index (χ1v) is 6.74. The van der Waals surface area contributed by atoms with E-state index in [4.69, 9.17) is 26.3 Å². The Balaban J connectivity index is 2.35. The Morgan fingerprint density at radius 3 is 2.62 bits per heavy atom. The molecule has 108 valence electrons. The number of ether oxygens (including phenoxy) is 2. The molecule has 0 fully saturated rings. The normalized spacial score (nSPS) is 10.0. The zero-order valence-electron chi connectivity index (χ0n) is 11.8. The molecular weight excluding hydrogens is 288 g/mol. The van der Waals surface area contributed by atoms with Crippen LogP contribution in [0.4, 0.5) is 0 Å². The summed E-state index contributed by atoms with van der Waals surface area (Å²) in [5, 5.41) is 12.7. The van der Waals surface area contributed by atoms with Gasteiger partial charge in [-0.25, -0.2) is 0 Å². The lowest BCUT2D eigenvalue weighted by Gasteiger charge is -2.13. The number of nitrogens with zero attached hydrogens (tertiary/aromatic N) is 1. The van der Waals surface area contributed by atoms with Crippen LogP contribution in [0.2, 0.25) is 5.02 Å². The first-order valence-electron chi connectivity index (χ1n) is 6.37. The third-order valence-corrected chi connectivity index (χ3v) is 3.13. The monoisotopic (exact) mass is 302 g/mol. The quantitative estimate of drug-likeness (QED) is 0.914. The first kappa shape index (κ1) is 15.2. The lowest BCUT2D eigenvalue weighted by atomic mass is 10.2. The summed E-state index contributed by atoms with van der Waals surface area (Å²) >= 11 is 5.95. The molecule has 0 aliphatic rings. The fourth-order valence-corrected chi connectivity index (χ4v) is 2.06. The van der Waals surface area contributed by atoms with E-state index in [1.54, 1.807) is 25.3 Å². The number of hydrogen-bond donors (Lipinski definition) is 1. The minimum atomic E-state index is 0.407. The largest absolute Gasteiger partial charge is 0.493 e. The predicted octanol–water partition coefficient (Wildman–Crippen LogP) is 3.73. The van der Waals surface area contributed by atoms with Gasteiger partial charge in [0, 0.05) is 17.6 Å². The second kappa shape index (κ2) is 6.98. The van der Waals surface area contributed by atoms with Gasteiger partial charge in [-0.15, -0.1) is 0 Å². The van der Waals surface area contributed by atoms with Crippen LogP contribution in [0.5, 0.6) is 17.2 Å². The van der Waals surface area contributed by atoms with Gasteiger partial charge in [0.25, 0.3) is 0 Å². The second-order valence-corrected chi connectivity index (χ2v) is 4.81. The predicted molar refractivity (Wildman–Crippen MR) is 82.0 cm³/mol. The molecule has 0 unspecified atom stereocenters. The van der Waals surface area contributed by atoms with Gasteiger partial charge in [0.2, 0.25) is 0 Å². The highest BCUT2D eigenvalue weighted by molar-refractivity contribution is 6.30. The average molecular weight is 303 g/mol. The van der Waals surface area contributed by atoms with Gasteiger partial charge in [0.1, 0.15) is 11.8 Å². The van der Waals surface area contributed by atoms with E-state index >= 15 is 0 Å². The number of benzene rings is 2. The van der Waals surface area contributed by atoms with Crippen molar-refractivity contribution in [2.45, 2.75) is 6.54 Å². The Hall–Kier alpha value is -2.22. The summed E-state index contributed by atoms with van der Waals surface area (Å²) in [6.07, 6.45) is 0. The number of methoxy groups -OCH3 is 1. The van der Waals surface area contributed by atoms with Crippen LogP contribution in [0.1, 0.15) is 11.1 Å². The minimum Gasteiger partial charge on any atom is -0.493 e. The first-order chi connectivity index (χ1) is 10.2. The van der Waals surface area contributed by atoms with Crippen LogP contribution in [0.15, 0.2) is 36.4 Å². The molecule has 0 amide bonds. The van der Waals surface area contributed by atoms with Crippen molar-refractivity contribution in [2.75, 3.05) is 14.2 Å². The van der Waals surface area contributed by atoms with Crippen molar-refractivity contribution in [2.24, 2.45) is 0 Å². The van der Waals surface area contributed by atoms with E-state index in [-0.39, 0.29) is 0 Å². The van der Waals surface area contributed by atoms with Gasteiger partial charge < -0.3 is 14.8 Å². The molecule has 5 heteroatoms. The van der Waals surface area contributed by atoms with Crippen LogP contribution in [-0.2, 0) is 6.54 Å². The van der Waals surface area contributed by atoms with Crippen molar-refractivity contribution in [1.29, 1.82) is 5.26 Å². The summed E-state index contributed by atoms with van der Waals surface area (Å²) in [5.74, 6) is 1.55. The number of halogens is 1. The third-order valence-electron chi connectivity index (χ3n) is 2.89. The number of nitrogens with one attached hydrogen (secondary N) is 1. The van der Waals surface area contributed by atoms with Gasteiger partial charge in [0.15, 0.2) is 11.5 Å². The molecule has 0 aromatic heterocycles. The molecule has 0 spiro atoms. The van der Waals surface area contributed by atoms with Crippen molar-refractivity contribution in [3.05, 3.63) is 52.5 Å². The van der Waals surface area contributed by atoms with E-state index in [1.165, 1.54) is 0 Å². The minimum absolute atomic E-state index is 0.407. The molecule has 0 aliphatic heterocycles. The van der Waals surface area contributed by atoms with Gasteiger partial charge in [-0.05, 0) is 36.9 Å². The summed E-state index contributed by atoms with van der Waals surface area (Å²) in [5.41, 5.74) is 1.49. The maximum absolute atomic E-state index is 9.12. The SMILES string of the molecule is CNCc1ccc(Oc2cc(Cl)ccc2C#N)c(OC)c1. The highest BCUT2D eigenvalue weighted by Gasteiger charge is 2.10. The van der Waals surface area contributed by atoms with E-state index in [2.05, 4.69) is 11.4 Å². The van der Waals surface area contributed by atoms with E-state index in [0.717, 1.165) is 12.1 Å². The van der Waals surface area contributed by atoms with Crippen LogP contribution in [0.25, 0.3) is 0 Å². The van der Waals surface area contributed by atoms with Crippen LogP contribution < -0.4 is 14.8 Å². The molecule has 0 aliphatic carbocycles. The number of rotatable bonds is 5. The van der Waals surface area contributed by atoms with Crippen molar-refractivity contribution >= 4 is 11.6 Å². The molecule has 0 heterocycles. The van der Waals surface area contributed by atoms with Gasteiger partial charge in [-0.1, -0.05) is 17.7 Å². The Morgan fingerprint density at radius 1 is 1.14 bits per heavy atom. The molecule has 4 nitrogen and oxygen atoms in total. The Kier molecular flexibility index (Phi) is 5.04. The highest BCUT2D eigenvalue weighted by Crippen LogP contribution is 2.34. The van der Waals surface area contributed by atoms with Gasteiger partial charge in [-0.3, -0.25) is 0 Å². The molecule has 0 radical (unpaired) electrons. The van der Waals surface area contributed by atoms with Crippen molar-refractivity contribution in [1.82, 2.24) is 5.32 Å². The zero-order valence-corrected chi connectivity index (χ0v) is 12.6. The molecule has 1 N–H and O–H groups in total. The second-order valence-electron chi connectivity index (χ2n) is 4.37. The molecule has 2 aromatic carbocycles. The maximum atomic E-state index is 9.12. The van der Waals surface area contributed by atoms with Crippen molar-refractivity contribution in [3.63, 3.8) is 0 Å². The van der Waals surface area contributed by atoms with Gasteiger partial charge >= 0.3 is 0 Å². The Bertz CT molecular complexity index is 680. The molecular formula is C16H15ClN2O2. The molecule has 0 bridgehead atoms. The molecule has 21 heavy (non-hydrogen) atoms. The summed E-state index contributed by atoms with van der Waals surface area (Å²) in [6, 6.07) is 12.6. The van der Waals surface area contributed by atoms with Gasteiger partial charge in [-0.2, -0.15) is 5.26 Å². The third kappa shape index (κ3) is 3.66. The number of nitriles is 1. The lowest BCUT2D eigenvalue weighted by molar-refractivity contribution is 0.378. The molecule has 0 atom stereocenters. The summed E-state index contributed by atoms with van der Waals surface area (Å²) < 4.78 is 11.1. The van der Waals surface area contributed by atoms with Crippen LogP contribution in [0.3, 0.4) is 0 Å². The number of hydrogen-bond acceptors (Lipinski definition) is 4. The fourth-order valence-electron chi connectivity index (χ4n) is 1.90. The van der Waals surface area contributed by atoms with Crippen molar-refractivity contribution < 1.29 is 9.47 Å². The van der Waals surface area contributed by atoms with Crippen molar-refractivity contribution in [3.8, 4) is 23.3 Å². The summed E-state index contributed by atoms with van der Waals surface area (Å²) in [7, 11) is 3.45. The van der Waals surface area contributed by atoms with E-state index in [0.29, 0.717) is 27.8 Å². The standard InChI is InChI=1S/C16H15ClN2O2/c1-19-10-11-3-6-14(16(7-11)20-2)21-15-8-13(17)5-4-12(15)9-18/h3-8,19H,10H2,1-2H3. The Labute approximate surface area is 128 Å². The van der Waals surface area contributed by atoms with Gasteiger partial charge in [0.05, 0.1) is 12.7 Å². The molecule has 2 rings (SSSR count). The zero-order chi connectivity index (χ0) is 15.2. The van der Waals surface area contributed by atoms with Crippen LogP contribution in [0, 0.1) is 11.3 Å². The van der Waals surface area contributed by atoms with E-state index in [9.17, 15) is 0 Å². The maximum Gasteiger partial charge on any atom is 0.169 e. The van der Waals surface area contributed by atoms with Crippen LogP contribution in [-0.4, -0.2) is 14.2 Å². The average Bonchev–Trinajstić information content (AvgIpc) is 2.49. The summed E-state index contributed by atoms with van der Waals surface area (Å²) in [4.78, 5) is 0. The van der Waals surface area contributed by atoms with Crippen LogP contribution >= 0.6 is 11.6 Å². The fraction of sp³-hybridized carbons (Fsp3) is 0.188. The molecule has 0 saturated heterocycles. The highest BCUT2D eigenvalue weighted by atomic mass is 35.5.